The van der Waals surface area contributed by atoms with Crippen molar-refractivity contribution in [3.63, 3.8) is 0 Å². The van der Waals surface area contributed by atoms with Crippen LogP contribution in [0.25, 0.3) is 6.08 Å². The summed E-state index contributed by atoms with van der Waals surface area (Å²) in [5.74, 6) is -2.28. The Balaban J connectivity index is 1.65. The van der Waals surface area contributed by atoms with E-state index in [4.69, 9.17) is 12.2 Å². The monoisotopic (exact) mass is 471 g/mol. The van der Waals surface area contributed by atoms with Crippen molar-refractivity contribution in [2.45, 2.75) is 45.1 Å². The van der Waals surface area contributed by atoms with Crippen LogP contribution < -0.4 is 5.11 Å². The van der Waals surface area contributed by atoms with E-state index in [9.17, 15) is 24.3 Å². The molecule has 0 unspecified atom stereocenters. The minimum absolute atomic E-state index is 0.0501. The molecule has 2 saturated heterocycles. The van der Waals surface area contributed by atoms with Crippen molar-refractivity contribution < 1.29 is 24.3 Å². The van der Waals surface area contributed by atoms with E-state index in [2.05, 4.69) is 0 Å². The predicted molar refractivity (Wildman–Crippen MR) is 124 cm³/mol. The molecular weight excluding hydrogens is 448 g/mol. The van der Waals surface area contributed by atoms with Gasteiger partial charge in [-0.15, -0.1) is 0 Å². The number of carbonyl (C=O) groups is 4. The normalized spacial score (nSPS) is 20.7. The molecule has 1 aromatic rings. The van der Waals surface area contributed by atoms with Gasteiger partial charge in [0, 0.05) is 12.5 Å². The SMILES string of the molecule is CC(/C=C1\SC(=S)N([C@H]2CC(=O)N(CCCCCC(=O)[O-])C2=O)C1=O)=C\c1ccccc1. The highest BCUT2D eigenvalue weighted by Crippen LogP contribution is 2.36. The second kappa shape index (κ2) is 10.7. The lowest BCUT2D eigenvalue weighted by Crippen LogP contribution is -2.44. The Labute approximate surface area is 196 Å². The molecule has 2 fully saturated rings. The molecule has 0 aromatic heterocycles. The van der Waals surface area contributed by atoms with Gasteiger partial charge in [0.05, 0.1) is 11.3 Å². The zero-order chi connectivity index (χ0) is 23.3. The van der Waals surface area contributed by atoms with Crippen LogP contribution >= 0.6 is 24.0 Å². The van der Waals surface area contributed by atoms with Crippen LogP contribution in [0.1, 0.15) is 44.6 Å². The average Bonchev–Trinajstić information content (AvgIpc) is 3.16. The molecule has 0 bridgehead atoms. The van der Waals surface area contributed by atoms with Gasteiger partial charge in [-0.2, -0.15) is 0 Å². The Morgan fingerprint density at radius 3 is 2.59 bits per heavy atom. The van der Waals surface area contributed by atoms with Gasteiger partial charge in [0.25, 0.3) is 11.8 Å². The first-order valence-corrected chi connectivity index (χ1v) is 11.5. The number of nitrogens with zero attached hydrogens (tertiary/aromatic N) is 2. The number of hydrogen-bond acceptors (Lipinski definition) is 7. The van der Waals surface area contributed by atoms with Gasteiger partial charge in [-0.3, -0.25) is 24.2 Å². The number of carboxylic acid groups (broad SMARTS) is 1. The molecule has 0 saturated carbocycles. The number of thioether (sulfide) groups is 1. The number of thiocarbonyl (C=S) groups is 1. The summed E-state index contributed by atoms with van der Waals surface area (Å²) in [6.45, 7) is 2.08. The smallest absolute Gasteiger partial charge is 0.266 e. The minimum atomic E-state index is -1.12. The highest BCUT2D eigenvalue weighted by molar-refractivity contribution is 8.26. The maximum absolute atomic E-state index is 13.0. The van der Waals surface area contributed by atoms with Gasteiger partial charge in [-0.1, -0.05) is 66.8 Å². The molecule has 3 rings (SSSR count). The summed E-state index contributed by atoms with van der Waals surface area (Å²) in [5, 5.41) is 10.5. The van der Waals surface area contributed by atoms with E-state index in [1.165, 1.54) is 4.90 Å². The maximum Gasteiger partial charge on any atom is 0.266 e. The zero-order valence-corrected chi connectivity index (χ0v) is 19.2. The molecule has 168 valence electrons. The number of rotatable bonds is 9. The van der Waals surface area contributed by atoms with Gasteiger partial charge >= 0.3 is 0 Å². The number of hydrogen-bond donors (Lipinski definition) is 0. The van der Waals surface area contributed by atoms with Crippen LogP contribution in [0, 0.1) is 0 Å². The molecular formula is C23H23N2O5S2-. The number of carboxylic acids is 1. The molecule has 0 radical (unpaired) electrons. The Kier molecular flexibility index (Phi) is 7.98. The summed E-state index contributed by atoms with van der Waals surface area (Å²) in [6.07, 6.45) is 5.02. The van der Waals surface area contributed by atoms with E-state index in [1.54, 1.807) is 6.08 Å². The fourth-order valence-corrected chi connectivity index (χ4v) is 5.03. The van der Waals surface area contributed by atoms with Gasteiger partial charge in [0.15, 0.2) is 0 Å². The Morgan fingerprint density at radius 2 is 1.91 bits per heavy atom. The first-order valence-electron chi connectivity index (χ1n) is 10.3. The third-order valence-electron chi connectivity index (χ3n) is 5.17. The maximum atomic E-state index is 13.0. The first-order chi connectivity index (χ1) is 15.3. The molecule has 2 aliphatic rings. The third kappa shape index (κ3) is 5.72. The number of imide groups is 1. The molecule has 0 spiro atoms. The summed E-state index contributed by atoms with van der Waals surface area (Å²) < 4.78 is 0.260. The van der Waals surface area contributed by atoms with Crippen molar-refractivity contribution in [1.29, 1.82) is 0 Å². The van der Waals surface area contributed by atoms with Crippen molar-refractivity contribution in [3.05, 3.63) is 52.4 Å². The lowest BCUT2D eigenvalue weighted by Gasteiger charge is -2.21. The molecule has 0 aliphatic carbocycles. The van der Waals surface area contributed by atoms with Crippen LogP contribution in [-0.2, 0) is 19.2 Å². The predicted octanol–water partition coefficient (Wildman–Crippen LogP) is 2.27. The summed E-state index contributed by atoms with van der Waals surface area (Å²) in [4.78, 5) is 51.5. The fraction of sp³-hybridized carbons (Fsp3) is 0.348. The van der Waals surface area contributed by atoms with E-state index in [0.717, 1.165) is 27.8 Å². The molecule has 0 N–H and O–H groups in total. The standard InChI is InChI=1S/C23H24N2O5S2/c1-15(12-16-8-4-2-5-9-16)13-18-22(30)25(23(31)32-18)17-14-19(26)24(21(17)29)11-7-3-6-10-20(27)28/h2,4-5,8-9,12-13,17H,3,6-7,10-11,14H2,1H3,(H,27,28)/p-1/b15-12+,18-13-/t17-/m0/s1. The summed E-state index contributed by atoms with van der Waals surface area (Å²) in [6, 6.07) is 8.76. The number of likely N-dealkylation sites (tertiary alicyclic amines) is 1. The topological polar surface area (TPSA) is 97.8 Å². The number of aliphatic carboxylic acids is 1. The molecule has 7 nitrogen and oxygen atoms in total. The molecule has 2 heterocycles. The Morgan fingerprint density at radius 1 is 1.19 bits per heavy atom. The third-order valence-corrected chi connectivity index (χ3v) is 6.50. The van der Waals surface area contributed by atoms with Gasteiger partial charge < -0.3 is 9.90 Å². The Bertz CT molecular complexity index is 1000. The highest BCUT2D eigenvalue weighted by atomic mass is 32.2. The van der Waals surface area contributed by atoms with Crippen molar-refractivity contribution >= 4 is 58.1 Å². The summed E-state index contributed by atoms with van der Waals surface area (Å²) in [7, 11) is 0. The second-order valence-electron chi connectivity index (χ2n) is 7.64. The van der Waals surface area contributed by atoms with E-state index in [0.29, 0.717) is 24.2 Å². The van der Waals surface area contributed by atoms with Gasteiger partial charge in [-0.05, 0) is 43.4 Å². The fourth-order valence-electron chi connectivity index (χ4n) is 3.63. The number of amides is 3. The highest BCUT2D eigenvalue weighted by Gasteiger charge is 2.48. The molecule has 9 heteroatoms. The van der Waals surface area contributed by atoms with Crippen LogP contribution in [0.3, 0.4) is 0 Å². The first kappa shape index (κ1) is 23.9. The van der Waals surface area contributed by atoms with E-state index in [1.807, 2.05) is 43.3 Å². The molecule has 3 amide bonds. The van der Waals surface area contributed by atoms with Crippen molar-refractivity contribution in [2.75, 3.05) is 6.54 Å². The van der Waals surface area contributed by atoms with Crippen LogP contribution in [0.4, 0.5) is 0 Å². The van der Waals surface area contributed by atoms with E-state index >= 15 is 0 Å². The lowest BCUT2D eigenvalue weighted by molar-refractivity contribution is -0.305. The zero-order valence-electron chi connectivity index (χ0n) is 17.6. The number of benzene rings is 1. The van der Waals surface area contributed by atoms with Crippen LogP contribution in [0.5, 0.6) is 0 Å². The largest absolute Gasteiger partial charge is 0.550 e. The van der Waals surface area contributed by atoms with Gasteiger partial charge in [0.2, 0.25) is 5.91 Å². The van der Waals surface area contributed by atoms with Crippen LogP contribution in [-0.4, -0.2) is 50.4 Å². The van der Waals surface area contributed by atoms with Gasteiger partial charge in [0.1, 0.15) is 10.4 Å². The average molecular weight is 472 g/mol. The minimum Gasteiger partial charge on any atom is -0.550 e. The number of allylic oxidation sites excluding steroid dienone is 2. The lowest BCUT2D eigenvalue weighted by atomic mass is 10.1. The van der Waals surface area contributed by atoms with Crippen molar-refractivity contribution in [2.24, 2.45) is 0 Å². The van der Waals surface area contributed by atoms with E-state index in [-0.39, 0.29) is 35.5 Å². The van der Waals surface area contributed by atoms with Crippen LogP contribution in [0.2, 0.25) is 0 Å². The van der Waals surface area contributed by atoms with E-state index < -0.39 is 17.9 Å². The summed E-state index contributed by atoms with van der Waals surface area (Å²) in [5.41, 5.74) is 1.87. The van der Waals surface area contributed by atoms with Gasteiger partial charge in [-0.25, -0.2) is 0 Å². The van der Waals surface area contributed by atoms with Crippen molar-refractivity contribution in [1.82, 2.24) is 9.80 Å². The Hall–Kier alpha value is -2.78. The molecule has 32 heavy (non-hydrogen) atoms. The molecule has 1 atom stereocenters. The quantitative estimate of drug-likeness (QED) is 0.236. The molecule has 1 aromatic carbocycles. The number of unbranched alkanes of at least 4 members (excludes halogenated alkanes) is 2. The summed E-state index contributed by atoms with van der Waals surface area (Å²) >= 11 is 6.48. The molecule has 2 aliphatic heterocycles. The van der Waals surface area contributed by atoms with Crippen molar-refractivity contribution in [3.8, 4) is 0 Å². The van der Waals surface area contributed by atoms with Crippen LogP contribution in [0.15, 0.2) is 46.9 Å². The number of carbonyl (C=O) groups excluding carboxylic acids is 4. The second-order valence-corrected chi connectivity index (χ2v) is 9.31.